The second-order valence-electron chi connectivity index (χ2n) is 7.29. The highest BCUT2D eigenvalue weighted by Crippen LogP contribution is 2.34. The van der Waals surface area contributed by atoms with E-state index in [1.54, 1.807) is 0 Å². The van der Waals surface area contributed by atoms with Crippen LogP contribution in [-0.2, 0) is 0 Å². The highest BCUT2D eigenvalue weighted by Gasteiger charge is 2.31. The summed E-state index contributed by atoms with van der Waals surface area (Å²) in [7, 11) is 0. The van der Waals surface area contributed by atoms with Crippen LogP contribution in [0.3, 0.4) is 0 Å². The Kier molecular flexibility index (Phi) is 5.88. The minimum atomic E-state index is -2.37. The second kappa shape index (κ2) is 8.97. The summed E-state index contributed by atoms with van der Waals surface area (Å²) in [6.07, 6.45) is 0. The molecule has 38 heavy (non-hydrogen) atoms. The van der Waals surface area contributed by atoms with Crippen LogP contribution in [0.25, 0.3) is 45.8 Å². The molecule has 5 aromatic rings. The van der Waals surface area contributed by atoms with Gasteiger partial charge in [-0.2, -0.15) is 0 Å². The minimum Gasteiger partial charge on any atom is -0.416 e. The van der Waals surface area contributed by atoms with Crippen LogP contribution in [0.2, 0.25) is 0 Å². The first kappa shape index (κ1) is 24.9. The van der Waals surface area contributed by atoms with Crippen LogP contribution < -0.4 is 0 Å². The fourth-order valence-electron chi connectivity index (χ4n) is 3.22. The predicted octanol–water partition coefficient (Wildman–Crippen LogP) is 6.51. The van der Waals surface area contributed by atoms with Gasteiger partial charge in [0.2, 0.25) is 23.4 Å². The van der Waals surface area contributed by atoms with E-state index < -0.39 is 92.9 Å². The second-order valence-corrected chi connectivity index (χ2v) is 7.29. The molecule has 3 aromatic carbocycles. The average Bonchev–Trinajstić information content (AvgIpc) is 3.60. The summed E-state index contributed by atoms with van der Waals surface area (Å²) in [6, 6.07) is 4.92. The molecular formula is C22H4F10N4O2. The Morgan fingerprint density at radius 2 is 0.579 bits per heavy atom. The maximum Gasteiger partial charge on any atom is 0.254 e. The van der Waals surface area contributed by atoms with E-state index in [0.717, 1.165) is 0 Å². The van der Waals surface area contributed by atoms with Gasteiger partial charge in [0.05, 0.1) is 0 Å². The van der Waals surface area contributed by atoms with Gasteiger partial charge in [0.1, 0.15) is 11.1 Å². The largest absolute Gasteiger partial charge is 0.416 e. The summed E-state index contributed by atoms with van der Waals surface area (Å²) in [6.45, 7) is 0. The average molecular weight is 546 g/mol. The van der Waals surface area contributed by atoms with Gasteiger partial charge in [0, 0.05) is 11.1 Å². The Bertz CT molecular complexity index is 1550. The Labute approximate surface area is 202 Å². The summed E-state index contributed by atoms with van der Waals surface area (Å²) in [5.74, 6) is -25.2. The zero-order valence-corrected chi connectivity index (χ0v) is 17.7. The van der Waals surface area contributed by atoms with Crippen molar-refractivity contribution in [2.45, 2.75) is 0 Å². The Morgan fingerprint density at radius 1 is 0.342 bits per heavy atom. The molecule has 0 aliphatic heterocycles. The van der Waals surface area contributed by atoms with Crippen LogP contribution in [0.1, 0.15) is 0 Å². The van der Waals surface area contributed by atoms with Crippen molar-refractivity contribution in [3.63, 3.8) is 0 Å². The molecule has 0 unspecified atom stereocenters. The van der Waals surface area contributed by atoms with E-state index >= 15 is 0 Å². The number of halogens is 10. The van der Waals surface area contributed by atoms with E-state index in [1.165, 1.54) is 24.3 Å². The third-order valence-electron chi connectivity index (χ3n) is 5.08. The lowest BCUT2D eigenvalue weighted by atomic mass is 10.1. The van der Waals surface area contributed by atoms with Crippen LogP contribution in [0, 0.1) is 58.2 Å². The molecule has 0 aliphatic carbocycles. The predicted molar refractivity (Wildman–Crippen MR) is 103 cm³/mol. The van der Waals surface area contributed by atoms with Gasteiger partial charge in [-0.1, -0.05) is 0 Å². The van der Waals surface area contributed by atoms with Crippen LogP contribution in [-0.4, -0.2) is 20.4 Å². The summed E-state index contributed by atoms with van der Waals surface area (Å²) >= 11 is 0. The van der Waals surface area contributed by atoms with Gasteiger partial charge >= 0.3 is 0 Å². The van der Waals surface area contributed by atoms with Gasteiger partial charge in [-0.3, -0.25) is 0 Å². The number of rotatable bonds is 4. The molecule has 0 aliphatic rings. The standard InChI is InChI=1S/C22H4F10N4O2/c23-9-7(10(24)14(28)17(31)13(9)27)21-35-33-19(37-21)5-1-2-6(4-3-5)20-34-36-22(38-20)8-11(25)15(29)18(32)16(30)12(8)26/h1-4H. The molecule has 0 fully saturated rings. The normalized spacial score (nSPS) is 11.4. The number of benzene rings is 3. The van der Waals surface area contributed by atoms with Crippen molar-refractivity contribution in [3.05, 3.63) is 82.4 Å². The lowest BCUT2D eigenvalue weighted by Gasteiger charge is -2.04. The van der Waals surface area contributed by atoms with E-state index in [0.29, 0.717) is 0 Å². The Morgan fingerprint density at radius 3 is 0.868 bits per heavy atom. The molecule has 2 heterocycles. The smallest absolute Gasteiger partial charge is 0.254 e. The highest BCUT2D eigenvalue weighted by molar-refractivity contribution is 5.64. The fraction of sp³-hybridized carbons (Fsp3) is 0. The van der Waals surface area contributed by atoms with Crippen molar-refractivity contribution in [3.8, 4) is 45.8 Å². The molecule has 0 amide bonds. The summed E-state index contributed by atoms with van der Waals surface area (Å²) < 4.78 is 146. The molecule has 0 bridgehead atoms. The number of hydrogen-bond acceptors (Lipinski definition) is 6. The molecular weight excluding hydrogens is 542 g/mol. The highest BCUT2D eigenvalue weighted by atomic mass is 19.2. The van der Waals surface area contributed by atoms with Crippen LogP contribution >= 0.6 is 0 Å². The van der Waals surface area contributed by atoms with Gasteiger partial charge in [-0.25, -0.2) is 43.9 Å². The molecule has 0 saturated heterocycles. The lowest BCUT2D eigenvalue weighted by Crippen LogP contribution is -2.04. The molecule has 0 radical (unpaired) electrons. The molecule has 16 heteroatoms. The van der Waals surface area contributed by atoms with Crippen molar-refractivity contribution in [1.82, 2.24) is 20.4 Å². The van der Waals surface area contributed by atoms with Gasteiger partial charge in [0.15, 0.2) is 46.5 Å². The topological polar surface area (TPSA) is 77.8 Å². The van der Waals surface area contributed by atoms with E-state index in [2.05, 4.69) is 20.4 Å². The zero-order chi connectivity index (χ0) is 27.5. The van der Waals surface area contributed by atoms with E-state index in [4.69, 9.17) is 8.83 Å². The summed E-state index contributed by atoms with van der Waals surface area (Å²) in [4.78, 5) is 0. The minimum absolute atomic E-state index is 0.0656. The molecule has 0 atom stereocenters. The quantitative estimate of drug-likeness (QED) is 0.145. The van der Waals surface area contributed by atoms with E-state index in [1.807, 2.05) is 0 Å². The Hall–Kier alpha value is -4.76. The van der Waals surface area contributed by atoms with E-state index in [9.17, 15) is 43.9 Å². The fourth-order valence-corrected chi connectivity index (χ4v) is 3.22. The monoisotopic (exact) mass is 546 g/mol. The van der Waals surface area contributed by atoms with Crippen molar-refractivity contribution < 1.29 is 52.7 Å². The van der Waals surface area contributed by atoms with Crippen molar-refractivity contribution >= 4 is 0 Å². The van der Waals surface area contributed by atoms with Crippen LogP contribution in [0.5, 0.6) is 0 Å². The van der Waals surface area contributed by atoms with Gasteiger partial charge < -0.3 is 8.83 Å². The molecule has 2 aromatic heterocycles. The summed E-state index contributed by atoms with van der Waals surface area (Å²) in [5.41, 5.74) is -2.75. The molecule has 0 N–H and O–H groups in total. The number of nitrogens with zero attached hydrogens (tertiary/aromatic N) is 4. The molecule has 0 saturated carbocycles. The first-order valence-corrected chi connectivity index (χ1v) is 9.82. The molecule has 5 rings (SSSR count). The maximum atomic E-state index is 14.0. The molecule has 6 nitrogen and oxygen atoms in total. The molecule has 194 valence electrons. The SMILES string of the molecule is Fc1c(F)c(F)c(-c2nnc(-c3ccc(-c4nnc(-c5c(F)c(F)c(F)c(F)c5F)o4)cc3)o2)c(F)c1F. The molecule has 0 spiro atoms. The van der Waals surface area contributed by atoms with Gasteiger partial charge in [0.25, 0.3) is 11.8 Å². The Balaban J connectivity index is 1.46. The van der Waals surface area contributed by atoms with Gasteiger partial charge in [-0.15, -0.1) is 20.4 Å². The number of hydrogen-bond donors (Lipinski definition) is 0. The lowest BCUT2D eigenvalue weighted by molar-refractivity contribution is 0.378. The maximum absolute atomic E-state index is 14.0. The zero-order valence-electron chi connectivity index (χ0n) is 17.7. The van der Waals surface area contributed by atoms with Crippen LogP contribution in [0.15, 0.2) is 33.1 Å². The third kappa shape index (κ3) is 3.75. The van der Waals surface area contributed by atoms with E-state index in [-0.39, 0.29) is 11.1 Å². The van der Waals surface area contributed by atoms with Crippen molar-refractivity contribution in [2.75, 3.05) is 0 Å². The first-order valence-electron chi connectivity index (χ1n) is 9.82. The third-order valence-corrected chi connectivity index (χ3v) is 5.08. The van der Waals surface area contributed by atoms with Crippen molar-refractivity contribution in [2.24, 2.45) is 0 Å². The number of aromatic nitrogens is 4. The summed E-state index contributed by atoms with van der Waals surface area (Å²) in [5, 5.41) is 13.6. The van der Waals surface area contributed by atoms with Crippen LogP contribution in [0.4, 0.5) is 43.9 Å². The first-order chi connectivity index (χ1) is 18.0. The van der Waals surface area contributed by atoms with Gasteiger partial charge in [-0.05, 0) is 24.3 Å². The van der Waals surface area contributed by atoms with Crippen molar-refractivity contribution in [1.29, 1.82) is 0 Å².